The van der Waals surface area contributed by atoms with Gasteiger partial charge in [0.2, 0.25) is 0 Å². The Hall–Kier alpha value is -3.50. The van der Waals surface area contributed by atoms with Gasteiger partial charge in [-0.3, -0.25) is 9.59 Å². The molecule has 4 aliphatic rings. The molecule has 2 N–H and O–H groups in total. The lowest BCUT2D eigenvalue weighted by Gasteiger charge is -2.62. The van der Waals surface area contributed by atoms with Gasteiger partial charge in [-0.15, -0.1) is 0 Å². The number of hydrogen-bond donors (Lipinski definition) is 2. The minimum atomic E-state index is -2.29. The molecule has 0 saturated heterocycles. The van der Waals surface area contributed by atoms with Crippen molar-refractivity contribution in [2.75, 3.05) is 7.11 Å². The zero-order chi connectivity index (χ0) is 30.2. The molecule has 0 unspecified atom stereocenters. The summed E-state index contributed by atoms with van der Waals surface area (Å²) in [7, 11) is 1.23. The Labute approximate surface area is 238 Å². The van der Waals surface area contributed by atoms with Gasteiger partial charge in [-0.1, -0.05) is 20.4 Å². The number of ether oxygens (including phenoxy) is 3. The topological polar surface area (TPSA) is 150 Å². The van der Waals surface area contributed by atoms with E-state index in [1.54, 1.807) is 19.9 Å². The van der Waals surface area contributed by atoms with Gasteiger partial charge in [-0.05, 0) is 56.4 Å². The summed E-state index contributed by atoms with van der Waals surface area (Å²) in [6.45, 7) is 10.2. The van der Waals surface area contributed by atoms with Gasteiger partial charge >= 0.3 is 17.9 Å². The minimum absolute atomic E-state index is 0.0696. The van der Waals surface area contributed by atoms with Gasteiger partial charge in [0.1, 0.15) is 29.2 Å². The highest BCUT2D eigenvalue weighted by molar-refractivity contribution is 5.93. The summed E-state index contributed by atoms with van der Waals surface area (Å²) >= 11 is 0. The van der Waals surface area contributed by atoms with Crippen LogP contribution >= 0.6 is 0 Å². The summed E-state index contributed by atoms with van der Waals surface area (Å²) < 4.78 is 21.8. The van der Waals surface area contributed by atoms with Crippen LogP contribution in [0.2, 0.25) is 0 Å². The second kappa shape index (κ2) is 9.25. The highest BCUT2D eigenvalue weighted by Gasteiger charge is 2.77. The smallest absolute Gasteiger partial charge is 0.333 e. The Bertz CT molecular complexity index is 1390. The first kappa shape index (κ1) is 29.0. The predicted molar refractivity (Wildman–Crippen MR) is 143 cm³/mol. The Kier molecular flexibility index (Phi) is 6.55. The van der Waals surface area contributed by atoms with Crippen molar-refractivity contribution in [2.45, 2.75) is 76.8 Å². The Morgan fingerprint density at radius 3 is 2.49 bits per heavy atom. The van der Waals surface area contributed by atoms with Crippen molar-refractivity contribution in [3.05, 3.63) is 60.1 Å². The molecule has 8 atom stereocenters. The molecule has 1 aromatic rings. The predicted octanol–water partition coefficient (Wildman–Crippen LogP) is 3.29. The lowest BCUT2D eigenvalue weighted by molar-refractivity contribution is -0.229. The molecule has 2 saturated carbocycles. The zero-order valence-corrected chi connectivity index (χ0v) is 23.9. The van der Waals surface area contributed by atoms with Gasteiger partial charge in [-0.25, -0.2) is 9.59 Å². The van der Waals surface area contributed by atoms with E-state index in [2.05, 4.69) is 6.58 Å². The van der Waals surface area contributed by atoms with Gasteiger partial charge in [0.25, 0.3) is 0 Å². The Morgan fingerprint density at radius 1 is 1.17 bits per heavy atom. The SMILES string of the molecule is C=C(C)C(=O)O[C@@H]1/C=C\[C@]2(O)C3=CC(=O)O[C@@H](c4ccoc4)[C@]3(C)CC[C@]2(O)[C@]2(C)C(=O)C[C@@]1(C)[C@@H]2CC(=O)OC. The van der Waals surface area contributed by atoms with E-state index in [0.717, 1.165) is 0 Å². The molecule has 2 fully saturated rings. The molecule has 2 heterocycles. The first-order chi connectivity index (χ1) is 19.1. The van der Waals surface area contributed by atoms with Crippen molar-refractivity contribution >= 4 is 23.7 Å². The second-order valence-corrected chi connectivity index (χ2v) is 12.6. The van der Waals surface area contributed by atoms with Crippen LogP contribution in [0.1, 0.15) is 65.0 Å². The molecule has 1 aliphatic heterocycles. The largest absolute Gasteiger partial charge is 0.472 e. The third-order valence-electron chi connectivity index (χ3n) is 10.4. The summed E-state index contributed by atoms with van der Waals surface area (Å²) in [6, 6.07) is 1.66. The summed E-state index contributed by atoms with van der Waals surface area (Å²) in [5.74, 6) is -3.38. The maximum absolute atomic E-state index is 14.2. The fourth-order valence-corrected chi connectivity index (χ4v) is 7.96. The standard InChI is InChI=1S/C31H36O10/c1-17(2)26(35)40-22-7-9-30(36)20-14-24(34)41-25(18-8-12-39-16-18)27(20,3)10-11-31(30,37)29(5)19(13-23(33)38-6)28(22,4)15-21(29)32/h7-9,12,14,16,19,22,25,36-37H,1,10-11,13,15H2,2-6H3/b9-7-/t19-,22+,25-,27+,28-,29-,30-,31-/m0/s1. The number of furan rings is 1. The number of Topliss-reactive ketones (excluding diaryl/α,β-unsaturated/α-hetero) is 1. The maximum atomic E-state index is 14.2. The van der Waals surface area contributed by atoms with Crippen molar-refractivity contribution in [3.8, 4) is 0 Å². The number of hydrogen-bond acceptors (Lipinski definition) is 10. The molecule has 2 bridgehead atoms. The van der Waals surface area contributed by atoms with E-state index in [1.165, 1.54) is 44.8 Å². The fraction of sp³-hybridized carbons (Fsp3) is 0.548. The van der Waals surface area contributed by atoms with Gasteiger partial charge in [0.15, 0.2) is 0 Å². The van der Waals surface area contributed by atoms with E-state index >= 15 is 0 Å². The van der Waals surface area contributed by atoms with Gasteiger partial charge in [-0.2, -0.15) is 0 Å². The molecule has 0 amide bonds. The Balaban J connectivity index is 1.77. The third-order valence-corrected chi connectivity index (χ3v) is 10.4. The molecule has 1 aromatic heterocycles. The first-order valence-electron chi connectivity index (χ1n) is 13.6. The number of carbonyl (C=O) groups excluding carboxylic acids is 4. The van der Waals surface area contributed by atoms with Crippen LogP contribution in [0, 0.1) is 22.2 Å². The maximum Gasteiger partial charge on any atom is 0.333 e. The molecule has 3 aliphatic carbocycles. The summed E-state index contributed by atoms with van der Waals surface area (Å²) in [6.07, 6.45) is 4.66. The van der Waals surface area contributed by atoms with Crippen LogP contribution in [0.5, 0.6) is 0 Å². The average Bonchev–Trinajstić information content (AvgIpc) is 3.52. The number of carbonyl (C=O) groups is 4. The summed E-state index contributed by atoms with van der Waals surface area (Å²) in [4.78, 5) is 52.7. The van der Waals surface area contributed by atoms with E-state index in [-0.39, 0.29) is 36.8 Å². The molecule has 10 heteroatoms. The highest BCUT2D eigenvalue weighted by atomic mass is 16.6. The minimum Gasteiger partial charge on any atom is -0.472 e. The normalized spacial score (nSPS) is 42.0. The molecular weight excluding hydrogens is 532 g/mol. The first-order valence-corrected chi connectivity index (χ1v) is 13.6. The molecule has 0 spiro atoms. The molecule has 5 rings (SSSR count). The van der Waals surface area contributed by atoms with Crippen molar-refractivity contribution < 1.29 is 48.0 Å². The number of fused-ring (bicyclic) bond motifs is 6. The second-order valence-electron chi connectivity index (χ2n) is 12.6. The number of esters is 3. The van der Waals surface area contributed by atoms with E-state index in [0.29, 0.717) is 5.56 Å². The summed E-state index contributed by atoms with van der Waals surface area (Å²) in [5.41, 5.74) is -7.45. The number of rotatable bonds is 5. The van der Waals surface area contributed by atoms with E-state index in [1.807, 2.05) is 6.92 Å². The van der Waals surface area contributed by atoms with Crippen LogP contribution < -0.4 is 0 Å². The fourth-order valence-electron chi connectivity index (χ4n) is 7.96. The van der Waals surface area contributed by atoms with Crippen LogP contribution in [0.15, 0.2) is 59.0 Å². The van der Waals surface area contributed by atoms with Crippen LogP contribution in [0.25, 0.3) is 0 Å². The number of methoxy groups -OCH3 is 1. The number of aliphatic hydroxyl groups is 2. The molecular formula is C31H36O10. The van der Waals surface area contributed by atoms with Gasteiger partial charge in [0.05, 0.1) is 31.5 Å². The van der Waals surface area contributed by atoms with E-state index in [9.17, 15) is 29.4 Å². The van der Waals surface area contributed by atoms with Crippen LogP contribution in [-0.4, -0.2) is 58.3 Å². The zero-order valence-electron chi connectivity index (χ0n) is 23.9. The molecule has 220 valence electrons. The van der Waals surface area contributed by atoms with Crippen molar-refractivity contribution in [3.63, 3.8) is 0 Å². The Morgan fingerprint density at radius 2 is 1.88 bits per heavy atom. The average molecular weight is 569 g/mol. The third kappa shape index (κ3) is 3.76. The van der Waals surface area contributed by atoms with Gasteiger partial charge in [0, 0.05) is 34.5 Å². The van der Waals surface area contributed by atoms with Crippen molar-refractivity contribution in [2.24, 2.45) is 22.2 Å². The van der Waals surface area contributed by atoms with Crippen LogP contribution in [0.3, 0.4) is 0 Å². The van der Waals surface area contributed by atoms with Crippen molar-refractivity contribution in [1.29, 1.82) is 0 Å². The van der Waals surface area contributed by atoms with Crippen LogP contribution in [-0.2, 0) is 33.4 Å². The van der Waals surface area contributed by atoms with E-state index in [4.69, 9.17) is 18.6 Å². The van der Waals surface area contributed by atoms with E-state index < -0.39 is 69.3 Å². The number of cyclic esters (lactones) is 1. The quantitative estimate of drug-likeness (QED) is 0.234. The molecule has 41 heavy (non-hydrogen) atoms. The summed E-state index contributed by atoms with van der Waals surface area (Å²) in [5, 5.41) is 25.5. The molecule has 10 nitrogen and oxygen atoms in total. The lowest BCUT2D eigenvalue weighted by Crippen LogP contribution is -2.72. The molecule has 0 radical (unpaired) electrons. The highest BCUT2D eigenvalue weighted by Crippen LogP contribution is 2.69. The van der Waals surface area contributed by atoms with Crippen molar-refractivity contribution in [1.82, 2.24) is 0 Å². The monoisotopic (exact) mass is 568 g/mol. The lowest BCUT2D eigenvalue weighted by atomic mass is 9.45. The molecule has 0 aromatic carbocycles. The van der Waals surface area contributed by atoms with Gasteiger partial charge < -0.3 is 28.8 Å². The van der Waals surface area contributed by atoms with Crippen LogP contribution in [0.4, 0.5) is 0 Å². The number of ketones is 1.